The number of hydrogen-bond acceptors (Lipinski definition) is 4. The second kappa shape index (κ2) is 6.07. The van der Waals surface area contributed by atoms with Crippen LogP contribution in [0.15, 0.2) is 24.3 Å². The lowest BCUT2D eigenvalue weighted by atomic mass is 10.3. The maximum absolute atomic E-state index is 9.90. The largest absolute Gasteiger partial charge is 0.489 e. The zero-order chi connectivity index (χ0) is 13.0. The first-order valence-corrected chi connectivity index (χ1v) is 6.49. The van der Waals surface area contributed by atoms with Crippen molar-refractivity contribution in [3.8, 4) is 5.75 Å². The van der Waals surface area contributed by atoms with Gasteiger partial charge >= 0.3 is 0 Å². The van der Waals surface area contributed by atoms with Gasteiger partial charge in [0.1, 0.15) is 18.5 Å². The monoisotopic (exact) mass is 250 g/mol. The minimum atomic E-state index is -0.478. The van der Waals surface area contributed by atoms with Crippen molar-refractivity contribution in [3.63, 3.8) is 0 Å². The van der Waals surface area contributed by atoms with Crippen LogP contribution in [0.5, 0.6) is 5.75 Å². The zero-order valence-corrected chi connectivity index (χ0v) is 10.9. The molecule has 0 heterocycles. The predicted molar refractivity (Wildman–Crippen MR) is 72.6 cm³/mol. The van der Waals surface area contributed by atoms with Crippen LogP contribution in [0, 0.1) is 5.92 Å². The summed E-state index contributed by atoms with van der Waals surface area (Å²) < 4.78 is 5.52. The van der Waals surface area contributed by atoms with Gasteiger partial charge in [-0.1, -0.05) is 12.1 Å². The highest BCUT2D eigenvalue weighted by Crippen LogP contribution is 2.29. The summed E-state index contributed by atoms with van der Waals surface area (Å²) >= 11 is 0. The number of nitrogens with two attached hydrogens (primary N) is 1. The molecule has 2 rings (SSSR count). The lowest BCUT2D eigenvalue weighted by molar-refractivity contribution is 0.0754. The molecule has 1 saturated carbocycles. The number of benzene rings is 1. The van der Waals surface area contributed by atoms with Crippen LogP contribution in [0.4, 0.5) is 5.69 Å². The Morgan fingerprint density at radius 3 is 2.83 bits per heavy atom. The van der Waals surface area contributed by atoms with Gasteiger partial charge in [-0.05, 0) is 37.9 Å². The second-order valence-electron chi connectivity index (χ2n) is 5.17. The molecule has 18 heavy (non-hydrogen) atoms. The number of ether oxygens (including phenoxy) is 1. The quantitative estimate of drug-likeness (QED) is 0.717. The van der Waals surface area contributed by atoms with Crippen LogP contribution in [0.2, 0.25) is 0 Å². The Bertz CT molecular complexity index is 380. The fourth-order valence-electron chi connectivity index (χ4n) is 2.03. The molecule has 100 valence electrons. The molecule has 0 amide bonds. The first-order valence-electron chi connectivity index (χ1n) is 6.49. The third kappa shape index (κ3) is 4.20. The lowest BCUT2D eigenvalue weighted by Gasteiger charge is -2.20. The van der Waals surface area contributed by atoms with Crippen LogP contribution in [0.3, 0.4) is 0 Å². The van der Waals surface area contributed by atoms with Gasteiger partial charge in [-0.2, -0.15) is 0 Å². The Kier molecular flexibility index (Phi) is 4.44. The van der Waals surface area contributed by atoms with Gasteiger partial charge in [0.2, 0.25) is 0 Å². The third-order valence-corrected chi connectivity index (χ3v) is 3.14. The number of hydrogen-bond donors (Lipinski definition) is 2. The van der Waals surface area contributed by atoms with Crippen molar-refractivity contribution < 1.29 is 9.84 Å². The summed E-state index contributed by atoms with van der Waals surface area (Å²) in [6.07, 6.45) is 2.18. The number of nitrogen functional groups attached to an aromatic ring is 1. The number of para-hydroxylation sites is 2. The second-order valence-corrected chi connectivity index (χ2v) is 5.17. The Hall–Kier alpha value is -1.26. The number of nitrogens with zero attached hydrogens (tertiary/aromatic N) is 1. The van der Waals surface area contributed by atoms with Crippen LogP contribution in [-0.2, 0) is 0 Å². The highest BCUT2D eigenvalue weighted by atomic mass is 16.5. The maximum Gasteiger partial charge on any atom is 0.142 e. The molecule has 4 heteroatoms. The van der Waals surface area contributed by atoms with E-state index in [-0.39, 0.29) is 6.61 Å². The molecule has 1 aromatic carbocycles. The summed E-state index contributed by atoms with van der Waals surface area (Å²) in [6.45, 7) is 2.00. The summed E-state index contributed by atoms with van der Waals surface area (Å²) in [4.78, 5) is 2.17. The zero-order valence-electron chi connectivity index (χ0n) is 10.9. The Labute approximate surface area is 108 Å². The van der Waals surface area contributed by atoms with E-state index in [4.69, 9.17) is 10.5 Å². The van der Waals surface area contributed by atoms with Gasteiger partial charge in [0, 0.05) is 13.1 Å². The van der Waals surface area contributed by atoms with Crippen LogP contribution in [0.1, 0.15) is 12.8 Å². The summed E-state index contributed by atoms with van der Waals surface area (Å²) in [5.41, 5.74) is 6.37. The fourth-order valence-corrected chi connectivity index (χ4v) is 2.03. The molecule has 1 aliphatic rings. The molecule has 4 nitrogen and oxygen atoms in total. The van der Waals surface area contributed by atoms with Crippen molar-refractivity contribution in [2.75, 3.05) is 32.5 Å². The van der Waals surface area contributed by atoms with Gasteiger partial charge < -0.3 is 20.5 Å². The lowest BCUT2D eigenvalue weighted by Crippen LogP contribution is -2.34. The first kappa shape index (κ1) is 13.2. The number of aliphatic hydroxyl groups is 1. The van der Waals surface area contributed by atoms with Crippen LogP contribution in [0.25, 0.3) is 0 Å². The molecular weight excluding hydrogens is 228 g/mol. The van der Waals surface area contributed by atoms with Crippen molar-refractivity contribution in [2.24, 2.45) is 5.92 Å². The number of aliphatic hydroxyl groups excluding tert-OH is 1. The van der Waals surface area contributed by atoms with E-state index in [1.165, 1.54) is 12.8 Å². The molecule has 0 spiro atoms. The van der Waals surface area contributed by atoms with Crippen LogP contribution < -0.4 is 10.5 Å². The van der Waals surface area contributed by atoms with Crippen LogP contribution in [-0.4, -0.2) is 42.9 Å². The summed E-state index contributed by atoms with van der Waals surface area (Å²) in [6, 6.07) is 7.34. The van der Waals surface area contributed by atoms with Gasteiger partial charge in [-0.25, -0.2) is 0 Å². The number of anilines is 1. The van der Waals surface area contributed by atoms with Gasteiger partial charge in [0.05, 0.1) is 5.69 Å². The van der Waals surface area contributed by atoms with E-state index in [0.717, 1.165) is 12.5 Å². The minimum Gasteiger partial charge on any atom is -0.489 e. The minimum absolute atomic E-state index is 0.281. The first-order chi connectivity index (χ1) is 8.65. The number of likely N-dealkylation sites (N-methyl/N-ethyl adjacent to an activating group) is 1. The van der Waals surface area contributed by atoms with E-state index in [9.17, 15) is 5.11 Å². The SMILES string of the molecule is CN(CC(O)COc1ccccc1N)CC1CC1. The molecule has 0 aliphatic heterocycles. The smallest absolute Gasteiger partial charge is 0.142 e. The third-order valence-electron chi connectivity index (χ3n) is 3.14. The van der Waals surface area contributed by atoms with E-state index in [0.29, 0.717) is 18.0 Å². The standard InChI is InChI=1S/C14H22N2O2/c1-16(8-11-6-7-11)9-12(17)10-18-14-5-3-2-4-13(14)15/h2-5,11-12,17H,6-10,15H2,1H3. The molecule has 1 unspecified atom stereocenters. The molecule has 3 N–H and O–H groups in total. The molecule has 1 aromatic rings. The maximum atomic E-state index is 9.90. The van der Waals surface area contributed by atoms with Gasteiger partial charge in [-0.3, -0.25) is 0 Å². The summed E-state index contributed by atoms with van der Waals surface area (Å²) in [5, 5.41) is 9.90. The molecule has 0 radical (unpaired) electrons. The normalized spacial score (nSPS) is 16.8. The average molecular weight is 250 g/mol. The Morgan fingerprint density at radius 2 is 2.17 bits per heavy atom. The average Bonchev–Trinajstić information content (AvgIpc) is 3.11. The molecule has 0 aromatic heterocycles. The summed E-state index contributed by atoms with van der Waals surface area (Å²) in [5.74, 6) is 1.48. The van der Waals surface area contributed by atoms with Crippen molar-refractivity contribution in [1.29, 1.82) is 0 Å². The van der Waals surface area contributed by atoms with E-state index in [1.807, 2.05) is 25.2 Å². The van der Waals surface area contributed by atoms with Gasteiger partial charge in [-0.15, -0.1) is 0 Å². The molecule has 0 saturated heterocycles. The molecule has 0 bridgehead atoms. The van der Waals surface area contributed by atoms with Gasteiger partial charge in [0.25, 0.3) is 0 Å². The number of rotatable bonds is 7. The van der Waals surface area contributed by atoms with E-state index >= 15 is 0 Å². The van der Waals surface area contributed by atoms with E-state index in [2.05, 4.69) is 4.90 Å². The summed E-state index contributed by atoms with van der Waals surface area (Å²) in [7, 11) is 2.04. The van der Waals surface area contributed by atoms with Crippen molar-refractivity contribution in [3.05, 3.63) is 24.3 Å². The highest BCUT2D eigenvalue weighted by Gasteiger charge is 2.23. The highest BCUT2D eigenvalue weighted by molar-refractivity contribution is 5.51. The van der Waals surface area contributed by atoms with Crippen molar-refractivity contribution >= 4 is 5.69 Å². The molecular formula is C14H22N2O2. The Balaban J connectivity index is 1.70. The van der Waals surface area contributed by atoms with Crippen molar-refractivity contribution in [1.82, 2.24) is 4.90 Å². The van der Waals surface area contributed by atoms with E-state index < -0.39 is 6.10 Å². The fraction of sp³-hybridized carbons (Fsp3) is 0.571. The Morgan fingerprint density at radius 1 is 1.44 bits per heavy atom. The van der Waals surface area contributed by atoms with E-state index in [1.54, 1.807) is 6.07 Å². The van der Waals surface area contributed by atoms with Crippen LogP contribution >= 0.6 is 0 Å². The molecule has 1 fully saturated rings. The predicted octanol–water partition coefficient (Wildman–Crippen LogP) is 1.35. The van der Waals surface area contributed by atoms with Gasteiger partial charge in [0.15, 0.2) is 0 Å². The topological polar surface area (TPSA) is 58.7 Å². The molecule has 1 atom stereocenters. The van der Waals surface area contributed by atoms with Crippen molar-refractivity contribution in [2.45, 2.75) is 18.9 Å². The molecule has 1 aliphatic carbocycles.